The van der Waals surface area contributed by atoms with E-state index in [1.54, 1.807) is 12.1 Å². The van der Waals surface area contributed by atoms with Crippen molar-refractivity contribution in [2.24, 2.45) is 0 Å². The van der Waals surface area contributed by atoms with Gasteiger partial charge in [0.15, 0.2) is 0 Å². The van der Waals surface area contributed by atoms with Crippen LogP contribution in [0, 0.1) is 0 Å². The first-order valence-corrected chi connectivity index (χ1v) is 6.27. The van der Waals surface area contributed by atoms with Crippen LogP contribution < -0.4 is 4.74 Å². The summed E-state index contributed by atoms with van der Waals surface area (Å²) in [6.07, 6.45) is 1.66. The molecule has 3 nitrogen and oxygen atoms in total. The predicted octanol–water partition coefficient (Wildman–Crippen LogP) is 3.71. The Labute approximate surface area is 118 Å². The van der Waals surface area contributed by atoms with Gasteiger partial charge in [0.2, 0.25) is 0 Å². The van der Waals surface area contributed by atoms with Crippen LogP contribution in [0.2, 0.25) is 0 Å². The monoisotopic (exact) mass is 268 g/mol. The minimum Gasteiger partial charge on any atom is -0.490 e. The van der Waals surface area contributed by atoms with Crippen molar-refractivity contribution >= 4 is 5.97 Å². The minimum absolute atomic E-state index is 0.382. The first kappa shape index (κ1) is 13.9. The molecule has 2 rings (SSSR count). The van der Waals surface area contributed by atoms with E-state index in [0.717, 1.165) is 11.1 Å². The van der Waals surface area contributed by atoms with E-state index in [2.05, 4.69) is 6.58 Å². The molecule has 0 radical (unpaired) electrons. The lowest BCUT2D eigenvalue weighted by molar-refractivity contribution is 0.0601. The molecule has 2 aromatic carbocycles. The van der Waals surface area contributed by atoms with Crippen LogP contribution in [-0.2, 0) is 4.74 Å². The highest BCUT2D eigenvalue weighted by molar-refractivity contribution is 5.97. The molecule has 3 heteroatoms. The van der Waals surface area contributed by atoms with Gasteiger partial charge < -0.3 is 9.47 Å². The molecular formula is C17H16O3. The number of benzene rings is 2. The molecule has 0 aliphatic carbocycles. The molecule has 0 bridgehead atoms. The van der Waals surface area contributed by atoms with Crippen molar-refractivity contribution in [3.63, 3.8) is 0 Å². The fourth-order valence-corrected chi connectivity index (χ4v) is 1.92. The van der Waals surface area contributed by atoms with E-state index in [9.17, 15) is 4.79 Å². The lowest BCUT2D eigenvalue weighted by Crippen LogP contribution is -2.04. The van der Waals surface area contributed by atoms with Gasteiger partial charge in [-0.15, -0.1) is 0 Å². The molecular weight excluding hydrogens is 252 g/mol. The Morgan fingerprint density at radius 3 is 2.60 bits per heavy atom. The molecule has 0 aromatic heterocycles. The summed E-state index contributed by atoms with van der Waals surface area (Å²) in [6.45, 7) is 3.99. The first-order chi connectivity index (χ1) is 9.76. The van der Waals surface area contributed by atoms with Crippen LogP contribution >= 0.6 is 0 Å². The summed E-state index contributed by atoms with van der Waals surface area (Å²) in [7, 11) is 1.37. The van der Waals surface area contributed by atoms with Gasteiger partial charge in [0.1, 0.15) is 12.4 Å². The van der Waals surface area contributed by atoms with E-state index in [1.165, 1.54) is 7.11 Å². The summed E-state index contributed by atoms with van der Waals surface area (Å²) in [6, 6.07) is 15.1. The van der Waals surface area contributed by atoms with Crippen molar-refractivity contribution in [3.8, 4) is 16.9 Å². The average molecular weight is 268 g/mol. The first-order valence-electron chi connectivity index (χ1n) is 6.27. The van der Waals surface area contributed by atoms with E-state index >= 15 is 0 Å². The maximum absolute atomic E-state index is 11.9. The van der Waals surface area contributed by atoms with Crippen molar-refractivity contribution in [2.75, 3.05) is 13.7 Å². The highest BCUT2D eigenvalue weighted by atomic mass is 16.5. The molecule has 0 N–H and O–H groups in total. The maximum atomic E-state index is 11.9. The Balaban J connectivity index is 2.46. The molecule has 0 atom stereocenters. The van der Waals surface area contributed by atoms with Gasteiger partial charge in [-0.25, -0.2) is 4.79 Å². The topological polar surface area (TPSA) is 35.5 Å². The predicted molar refractivity (Wildman–Crippen MR) is 78.9 cm³/mol. The minimum atomic E-state index is -0.382. The summed E-state index contributed by atoms with van der Waals surface area (Å²) < 4.78 is 10.3. The van der Waals surface area contributed by atoms with Crippen LogP contribution in [0.4, 0.5) is 0 Å². The average Bonchev–Trinajstić information content (AvgIpc) is 2.52. The van der Waals surface area contributed by atoms with Gasteiger partial charge >= 0.3 is 5.97 Å². The molecule has 102 valence electrons. The molecule has 0 saturated heterocycles. The fourth-order valence-electron chi connectivity index (χ4n) is 1.92. The molecule has 0 fully saturated rings. The Morgan fingerprint density at radius 1 is 1.20 bits per heavy atom. The van der Waals surface area contributed by atoms with Crippen molar-refractivity contribution in [3.05, 3.63) is 66.7 Å². The lowest BCUT2D eigenvalue weighted by atomic mass is 9.99. The van der Waals surface area contributed by atoms with E-state index in [0.29, 0.717) is 17.9 Å². The second-order valence-electron chi connectivity index (χ2n) is 4.16. The summed E-state index contributed by atoms with van der Waals surface area (Å²) >= 11 is 0. The lowest BCUT2D eigenvalue weighted by Gasteiger charge is -2.11. The highest BCUT2D eigenvalue weighted by Gasteiger charge is 2.14. The van der Waals surface area contributed by atoms with Crippen LogP contribution in [0.1, 0.15) is 10.4 Å². The van der Waals surface area contributed by atoms with E-state index in [-0.39, 0.29) is 5.97 Å². The standard InChI is InChI=1S/C17H16O3/c1-3-11-20-14-9-10-15(13-7-5-4-6-8-13)16(12-14)17(18)19-2/h3-10,12H,1,11H2,2H3. The smallest absolute Gasteiger partial charge is 0.338 e. The van der Waals surface area contributed by atoms with Gasteiger partial charge in [0.05, 0.1) is 12.7 Å². The number of ether oxygens (including phenoxy) is 2. The zero-order chi connectivity index (χ0) is 14.4. The Morgan fingerprint density at radius 2 is 1.95 bits per heavy atom. The number of carbonyl (C=O) groups is 1. The summed E-state index contributed by atoms with van der Waals surface area (Å²) in [5, 5.41) is 0. The van der Waals surface area contributed by atoms with Crippen LogP contribution in [0.3, 0.4) is 0 Å². The summed E-state index contributed by atoms with van der Waals surface area (Å²) in [4.78, 5) is 11.9. The third kappa shape index (κ3) is 3.06. The van der Waals surface area contributed by atoms with Crippen molar-refractivity contribution in [1.82, 2.24) is 0 Å². The highest BCUT2D eigenvalue weighted by Crippen LogP contribution is 2.28. The molecule has 0 spiro atoms. The van der Waals surface area contributed by atoms with Gasteiger partial charge in [-0.1, -0.05) is 43.0 Å². The molecule has 0 heterocycles. The zero-order valence-corrected chi connectivity index (χ0v) is 11.3. The van der Waals surface area contributed by atoms with E-state index in [1.807, 2.05) is 42.5 Å². The van der Waals surface area contributed by atoms with Gasteiger partial charge in [0.25, 0.3) is 0 Å². The second kappa shape index (κ2) is 6.57. The molecule has 0 unspecified atom stereocenters. The van der Waals surface area contributed by atoms with Gasteiger partial charge in [0, 0.05) is 0 Å². The third-order valence-electron chi connectivity index (χ3n) is 2.85. The van der Waals surface area contributed by atoms with Crippen LogP contribution in [0.5, 0.6) is 5.75 Å². The number of hydrogen-bond acceptors (Lipinski definition) is 3. The Kier molecular flexibility index (Phi) is 4.56. The van der Waals surface area contributed by atoms with Crippen molar-refractivity contribution in [2.45, 2.75) is 0 Å². The second-order valence-corrected chi connectivity index (χ2v) is 4.16. The number of esters is 1. The summed E-state index contributed by atoms with van der Waals surface area (Å²) in [5.41, 5.74) is 2.27. The van der Waals surface area contributed by atoms with Crippen LogP contribution in [0.15, 0.2) is 61.2 Å². The molecule has 20 heavy (non-hydrogen) atoms. The number of rotatable bonds is 5. The van der Waals surface area contributed by atoms with Gasteiger partial charge in [-0.2, -0.15) is 0 Å². The van der Waals surface area contributed by atoms with E-state index in [4.69, 9.17) is 9.47 Å². The number of carbonyl (C=O) groups excluding carboxylic acids is 1. The number of methoxy groups -OCH3 is 1. The van der Waals surface area contributed by atoms with Gasteiger partial charge in [-0.05, 0) is 29.3 Å². The molecule has 0 amide bonds. The largest absolute Gasteiger partial charge is 0.490 e. The number of hydrogen-bond donors (Lipinski definition) is 0. The normalized spacial score (nSPS) is 9.85. The van der Waals surface area contributed by atoms with E-state index < -0.39 is 0 Å². The molecule has 0 saturated carbocycles. The SMILES string of the molecule is C=CCOc1ccc(-c2ccccc2)c(C(=O)OC)c1. The quantitative estimate of drug-likeness (QED) is 0.612. The maximum Gasteiger partial charge on any atom is 0.338 e. The summed E-state index contributed by atoms with van der Waals surface area (Å²) in [5.74, 6) is 0.234. The Bertz CT molecular complexity index is 603. The fraction of sp³-hybridized carbons (Fsp3) is 0.118. The van der Waals surface area contributed by atoms with Crippen LogP contribution in [0.25, 0.3) is 11.1 Å². The zero-order valence-electron chi connectivity index (χ0n) is 11.3. The Hall–Kier alpha value is -2.55. The molecule has 0 aliphatic heterocycles. The van der Waals surface area contributed by atoms with Crippen molar-refractivity contribution in [1.29, 1.82) is 0 Å². The molecule has 2 aromatic rings. The third-order valence-corrected chi connectivity index (χ3v) is 2.85. The molecule has 0 aliphatic rings. The van der Waals surface area contributed by atoms with Crippen LogP contribution in [-0.4, -0.2) is 19.7 Å². The van der Waals surface area contributed by atoms with Gasteiger partial charge in [-0.3, -0.25) is 0 Å². The van der Waals surface area contributed by atoms with Crippen molar-refractivity contribution < 1.29 is 14.3 Å².